The van der Waals surface area contributed by atoms with Gasteiger partial charge in [-0.25, -0.2) is 4.39 Å². The number of benzene rings is 3. The van der Waals surface area contributed by atoms with Gasteiger partial charge >= 0.3 is 5.97 Å². The van der Waals surface area contributed by atoms with E-state index in [0.29, 0.717) is 36.6 Å². The third-order valence-electron chi connectivity index (χ3n) is 6.21. The molecule has 3 aromatic carbocycles. The van der Waals surface area contributed by atoms with Crippen molar-refractivity contribution in [1.82, 2.24) is 10.2 Å². The third-order valence-corrected chi connectivity index (χ3v) is 6.21. The average molecular weight is 536 g/mol. The number of nitrogens with zero attached hydrogens (tertiary/aromatic N) is 1. The predicted molar refractivity (Wildman–Crippen MR) is 142 cm³/mol. The van der Waals surface area contributed by atoms with Gasteiger partial charge in [0.1, 0.15) is 29.4 Å². The van der Waals surface area contributed by atoms with E-state index >= 15 is 0 Å². The number of carbonyl (C=O) groups excluding carboxylic acids is 2. The first-order valence-electron chi connectivity index (χ1n) is 12.6. The Labute approximate surface area is 225 Å². The standard InChI is InChI=1S/C29H30FN3O6/c30-21-8-12-23(13-9-21)39-24-14-10-22(11-15-24)31-28(35)25(19-38-18-20-5-2-1-3-6-20)32-27(34)17-33-16-4-7-26(33)29(36)37/h1-3,5-6,8-15,25-26H,4,7,16-19H2,(H,31,35)(H,32,34)(H,36,37)/t25-,26?/m0/s1. The Balaban J connectivity index is 1.37. The molecule has 1 fully saturated rings. The molecule has 0 radical (unpaired) electrons. The fourth-order valence-corrected chi connectivity index (χ4v) is 4.25. The van der Waals surface area contributed by atoms with E-state index < -0.39 is 29.9 Å². The van der Waals surface area contributed by atoms with Gasteiger partial charge in [0.2, 0.25) is 11.8 Å². The van der Waals surface area contributed by atoms with Crippen molar-refractivity contribution in [3.8, 4) is 11.5 Å². The Hall–Kier alpha value is -4.28. The van der Waals surface area contributed by atoms with E-state index in [-0.39, 0.29) is 25.6 Å². The monoisotopic (exact) mass is 535 g/mol. The molecule has 10 heteroatoms. The number of ether oxygens (including phenoxy) is 2. The minimum absolute atomic E-state index is 0.0827. The topological polar surface area (TPSA) is 117 Å². The van der Waals surface area contributed by atoms with Crippen LogP contribution in [0, 0.1) is 5.82 Å². The fourth-order valence-electron chi connectivity index (χ4n) is 4.25. The number of carboxylic acids is 1. The molecule has 204 valence electrons. The summed E-state index contributed by atoms with van der Waals surface area (Å²) in [6, 6.07) is 19.9. The number of rotatable bonds is 12. The largest absolute Gasteiger partial charge is 0.480 e. The SMILES string of the molecule is O=C(CN1CCCC1C(=O)O)N[C@@H](COCc1ccccc1)C(=O)Nc1ccc(Oc2ccc(F)cc2)cc1. The first kappa shape index (κ1) is 27.7. The molecule has 0 spiro atoms. The molecule has 0 aromatic heterocycles. The number of carboxylic acid groups (broad SMARTS) is 1. The molecule has 0 saturated carbocycles. The number of amides is 2. The second kappa shape index (κ2) is 13.5. The molecule has 3 aromatic rings. The first-order chi connectivity index (χ1) is 18.9. The number of nitrogens with one attached hydrogen (secondary N) is 2. The summed E-state index contributed by atoms with van der Waals surface area (Å²) < 4.78 is 24.5. The number of anilines is 1. The van der Waals surface area contributed by atoms with Crippen LogP contribution in [0.25, 0.3) is 0 Å². The van der Waals surface area contributed by atoms with E-state index in [1.54, 1.807) is 29.2 Å². The maximum Gasteiger partial charge on any atom is 0.320 e. The molecule has 2 atom stereocenters. The summed E-state index contributed by atoms with van der Waals surface area (Å²) in [7, 11) is 0. The minimum Gasteiger partial charge on any atom is -0.480 e. The number of hydrogen-bond acceptors (Lipinski definition) is 6. The molecule has 3 N–H and O–H groups in total. The molecule has 9 nitrogen and oxygen atoms in total. The van der Waals surface area contributed by atoms with Crippen LogP contribution in [0.3, 0.4) is 0 Å². The summed E-state index contributed by atoms with van der Waals surface area (Å²) in [5.41, 5.74) is 1.39. The molecular formula is C29H30FN3O6. The Kier molecular flexibility index (Phi) is 9.60. The molecule has 0 bridgehead atoms. The summed E-state index contributed by atoms with van der Waals surface area (Å²) in [6.07, 6.45) is 1.17. The highest BCUT2D eigenvalue weighted by Gasteiger charge is 2.32. The van der Waals surface area contributed by atoms with Crippen LogP contribution in [-0.2, 0) is 25.7 Å². The van der Waals surface area contributed by atoms with Gasteiger partial charge in [0.25, 0.3) is 0 Å². The van der Waals surface area contributed by atoms with Crippen molar-refractivity contribution in [3.63, 3.8) is 0 Å². The van der Waals surface area contributed by atoms with Crippen LogP contribution in [0.4, 0.5) is 10.1 Å². The molecule has 2 amide bonds. The summed E-state index contributed by atoms with van der Waals surface area (Å²) in [5.74, 6) is -1.32. The maximum atomic E-state index is 13.1. The first-order valence-corrected chi connectivity index (χ1v) is 12.6. The Morgan fingerprint density at radius 1 is 0.974 bits per heavy atom. The second-order valence-corrected chi connectivity index (χ2v) is 9.16. The van der Waals surface area contributed by atoms with Crippen molar-refractivity contribution in [2.45, 2.75) is 31.5 Å². The fraction of sp³-hybridized carbons (Fsp3) is 0.276. The average Bonchev–Trinajstić information content (AvgIpc) is 3.39. The lowest BCUT2D eigenvalue weighted by molar-refractivity contribution is -0.142. The molecule has 0 aliphatic carbocycles. The zero-order valence-electron chi connectivity index (χ0n) is 21.2. The smallest absolute Gasteiger partial charge is 0.320 e. The van der Waals surface area contributed by atoms with Crippen LogP contribution in [-0.4, -0.2) is 59.6 Å². The number of aliphatic carboxylic acids is 1. The third kappa shape index (κ3) is 8.36. The molecular weight excluding hydrogens is 505 g/mol. The number of halogens is 1. The maximum absolute atomic E-state index is 13.1. The molecule has 1 heterocycles. The lowest BCUT2D eigenvalue weighted by Crippen LogP contribution is -2.51. The van der Waals surface area contributed by atoms with Crippen LogP contribution in [0.1, 0.15) is 18.4 Å². The molecule has 1 saturated heterocycles. The van der Waals surface area contributed by atoms with E-state index in [2.05, 4.69) is 10.6 Å². The van der Waals surface area contributed by atoms with E-state index in [1.165, 1.54) is 24.3 Å². The quantitative estimate of drug-likeness (QED) is 0.323. The zero-order valence-corrected chi connectivity index (χ0v) is 21.2. The normalized spacial score (nSPS) is 15.9. The van der Waals surface area contributed by atoms with Gasteiger partial charge in [0, 0.05) is 5.69 Å². The highest BCUT2D eigenvalue weighted by atomic mass is 19.1. The van der Waals surface area contributed by atoms with E-state index in [9.17, 15) is 23.9 Å². The summed E-state index contributed by atoms with van der Waals surface area (Å²) >= 11 is 0. The Morgan fingerprint density at radius 2 is 1.64 bits per heavy atom. The van der Waals surface area contributed by atoms with E-state index in [4.69, 9.17) is 9.47 Å². The van der Waals surface area contributed by atoms with Gasteiger partial charge in [-0.2, -0.15) is 0 Å². The summed E-state index contributed by atoms with van der Waals surface area (Å²) in [6.45, 7) is 0.538. The van der Waals surface area contributed by atoms with E-state index in [0.717, 1.165) is 5.56 Å². The highest BCUT2D eigenvalue weighted by molar-refractivity contribution is 5.97. The van der Waals surface area contributed by atoms with Crippen molar-refractivity contribution in [2.75, 3.05) is 25.0 Å². The van der Waals surface area contributed by atoms with Crippen molar-refractivity contribution in [1.29, 1.82) is 0 Å². The van der Waals surface area contributed by atoms with Crippen LogP contribution in [0.5, 0.6) is 11.5 Å². The molecule has 39 heavy (non-hydrogen) atoms. The molecule has 1 aliphatic rings. The minimum atomic E-state index is -1.01. The van der Waals surface area contributed by atoms with Gasteiger partial charge in [-0.1, -0.05) is 30.3 Å². The zero-order chi connectivity index (χ0) is 27.6. The lowest BCUT2D eigenvalue weighted by Gasteiger charge is -2.23. The number of carbonyl (C=O) groups is 3. The highest BCUT2D eigenvalue weighted by Crippen LogP contribution is 2.23. The van der Waals surface area contributed by atoms with Crippen LogP contribution in [0.2, 0.25) is 0 Å². The summed E-state index contributed by atoms with van der Waals surface area (Å²) in [4.78, 5) is 39.0. The van der Waals surface area contributed by atoms with Crippen molar-refractivity contribution in [2.24, 2.45) is 0 Å². The van der Waals surface area contributed by atoms with Gasteiger partial charge in [-0.05, 0) is 73.5 Å². The van der Waals surface area contributed by atoms with Gasteiger partial charge in [0.05, 0.1) is 19.8 Å². The van der Waals surface area contributed by atoms with Gasteiger partial charge in [-0.15, -0.1) is 0 Å². The number of likely N-dealkylation sites (tertiary alicyclic amines) is 1. The second-order valence-electron chi connectivity index (χ2n) is 9.16. The van der Waals surface area contributed by atoms with Crippen molar-refractivity contribution >= 4 is 23.5 Å². The van der Waals surface area contributed by atoms with Gasteiger partial charge < -0.3 is 25.2 Å². The number of hydrogen-bond donors (Lipinski definition) is 3. The Morgan fingerprint density at radius 3 is 2.31 bits per heavy atom. The molecule has 1 unspecified atom stereocenters. The Bertz CT molecular complexity index is 1250. The van der Waals surface area contributed by atoms with Crippen molar-refractivity contribution < 1.29 is 33.4 Å². The summed E-state index contributed by atoms with van der Waals surface area (Å²) in [5, 5.41) is 14.8. The van der Waals surface area contributed by atoms with Crippen LogP contribution in [0.15, 0.2) is 78.9 Å². The molecule has 1 aliphatic heterocycles. The molecule has 4 rings (SSSR count). The van der Waals surface area contributed by atoms with Crippen LogP contribution >= 0.6 is 0 Å². The van der Waals surface area contributed by atoms with E-state index in [1.807, 2.05) is 30.3 Å². The lowest BCUT2D eigenvalue weighted by atomic mass is 10.2. The van der Waals surface area contributed by atoms with Crippen LogP contribution < -0.4 is 15.4 Å². The van der Waals surface area contributed by atoms with Gasteiger partial charge in [-0.3, -0.25) is 19.3 Å². The predicted octanol–water partition coefficient (Wildman–Crippen LogP) is 3.81. The van der Waals surface area contributed by atoms with Crippen molar-refractivity contribution in [3.05, 3.63) is 90.2 Å². The van der Waals surface area contributed by atoms with Gasteiger partial charge in [0.15, 0.2) is 0 Å².